The van der Waals surface area contributed by atoms with Crippen LogP contribution < -0.4 is 0 Å². The number of hydrogen-bond donors (Lipinski definition) is 0. The van der Waals surface area contributed by atoms with Gasteiger partial charge < -0.3 is 9.13 Å². The van der Waals surface area contributed by atoms with Crippen molar-refractivity contribution in [2.24, 2.45) is 0 Å². The van der Waals surface area contributed by atoms with E-state index in [0.717, 1.165) is 16.9 Å². The first-order valence-electron chi connectivity index (χ1n) is 17.1. The number of nitrogens with zero attached hydrogens (tertiary/aromatic N) is 3. The van der Waals surface area contributed by atoms with E-state index < -0.39 is 0 Å². The average Bonchev–Trinajstić information content (AvgIpc) is 3.70. The van der Waals surface area contributed by atoms with Gasteiger partial charge >= 0.3 is 0 Å². The quantitative estimate of drug-likeness (QED) is 0.185. The van der Waals surface area contributed by atoms with Gasteiger partial charge in [0.05, 0.1) is 28.3 Å². The summed E-state index contributed by atoms with van der Waals surface area (Å²) < 4.78 is 4.78. The van der Waals surface area contributed by atoms with Crippen LogP contribution in [0.15, 0.2) is 176 Å². The first-order valence-corrected chi connectivity index (χ1v) is 17.1. The van der Waals surface area contributed by atoms with Crippen LogP contribution in [0.5, 0.6) is 0 Å². The highest BCUT2D eigenvalue weighted by Crippen LogP contribution is 2.48. The molecule has 0 radical (unpaired) electrons. The Kier molecular flexibility index (Phi) is 5.67. The second-order valence-corrected chi connectivity index (χ2v) is 13.2. The van der Waals surface area contributed by atoms with Gasteiger partial charge in [-0.25, -0.2) is 0 Å². The fourth-order valence-electron chi connectivity index (χ4n) is 8.46. The lowest BCUT2D eigenvalue weighted by atomic mass is 9.81. The summed E-state index contributed by atoms with van der Waals surface area (Å²) in [5.74, 6) is 0. The number of benzene rings is 7. The zero-order valence-corrected chi connectivity index (χ0v) is 27.1. The molecule has 0 spiro atoms. The summed E-state index contributed by atoms with van der Waals surface area (Å²) in [5, 5.41) is 4.90. The zero-order valence-electron chi connectivity index (χ0n) is 27.1. The maximum atomic E-state index is 4.52. The highest BCUT2D eigenvalue weighted by Gasteiger charge is 2.23. The van der Waals surface area contributed by atoms with Gasteiger partial charge in [0.15, 0.2) is 0 Å². The Morgan fingerprint density at radius 3 is 1.34 bits per heavy atom. The van der Waals surface area contributed by atoms with Crippen molar-refractivity contribution in [1.82, 2.24) is 14.1 Å². The molecule has 0 amide bonds. The van der Waals surface area contributed by atoms with E-state index in [0.29, 0.717) is 0 Å². The Bertz CT molecular complexity index is 2940. The molecule has 3 nitrogen and oxygen atoms in total. The second-order valence-electron chi connectivity index (χ2n) is 13.2. The molecule has 7 aromatic carbocycles. The maximum Gasteiger partial charge on any atom is 0.0724 e. The molecular weight excluding hydrogens is 607 g/mol. The summed E-state index contributed by atoms with van der Waals surface area (Å²) in [4.78, 5) is 4.52. The van der Waals surface area contributed by atoms with E-state index in [9.17, 15) is 0 Å². The third kappa shape index (κ3) is 3.77. The molecule has 0 N–H and O–H groups in total. The lowest BCUT2D eigenvalue weighted by Gasteiger charge is -2.24. The highest BCUT2D eigenvalue weighted by atomic mass is 15.0. The molecule has 0 saturated heterocycles. The number of aromatic nitrogens is 3. The first kappa shape index (κ1) is 27.3. The fraction of sp³-hybridized carbons (Fsp3) is 0. The van der Waals surface area contributed by atoms with Crippen LogP contribution in [0.3, 0.4) is 0 Å². The second kappa shape index (κ2) is 10.4. The molecule has 0 fully saturated rings. The van der Waals surface area contributed by atoms with Gasteiger partial charge in [-0.15, -0.1) is 0 Å². The van der Waals surface area contributed by atoms with Crippen LogP contribution in [0, 0.1) is 0 Å². The van der Waals surface area contributed by atoms with Crippen LogP contribution >= 0.6 is 0 Å². The van der Waals surface area contributed by atoms with Crippen molar-refractivity contribution in [2.45, 2.75) is 0 Å². The Morgan fingerprint density at radius 1 is 0.300 bits per heavy atom. The van der Waals surface area contributed by atoms with Gasteiger partial charge in [0.1, 0.15) is 0 Å². The smallest absolute Gasteiger partial charge is 0.0724 e. The van der Waals surface area contributed by atoms with E-state index >= 15 is 0 Å². The molecule has 3 aromatic heterocycles. The minimum Gasteiger partial charge on any atom is -0.309 e. The van der Waals surface area contributed by atoms with Gasteiger partial charge in [-0.05, 0) is 93.0 Å². The SMILES string of the molecule is c1ccc2c(c1)-c1ccccc1-c1ccc(-n3c4ccccc4c4cc(-n5c6ccccc6c6ccncc65)ccc43)cc1-c1ccccc1-2. The molecule has 232 valence electrons. The van der Waals surface area contributed by atoms with Crippen LogP contribution in [-0.4, -0.2) is 14.1 Å². The molecule has 0 unspecified atom stereocenters. The average molecular weight is 636 g/mol. The fourth-order valence-corrected chi connectivity index (χ4v) is 8.46. The van der Waals surface area contributed by atoms with Crippen molar-refractivity contribution in [3.63, 3.8) is 0 Å². The van der Waals surface area contributed by atoms with Gasteiger partial charge in [0, 0.05) is 39.1 Å². The first-order chi connectivity index (χ1) is 24.8. The Morgan fingerprint density at radius 2 is 0.720 bits per heavy atom. The molecule has 0 saturated carbocycles. The molecule has 1 aliphatic carbocycles. The lowest BCUT2D eigenvalue weighted by molar-refractivity contribution is 1.16. The largest absolute Gasteiger partial charge is 0.309 e. The molecule has 0 bridgehead atoms. The molecule has 50 heavy (non-hydrogen) atoms. The Balaban J connectivity index is 1.18. The maximum absolute atomic E-state index is 4.52. The van der Waals surface area contributed by atoms with Gasteiger partial charge in [-0.1, -0.05) is 115 Å². The van der Waals surface area contributed by atoms with Crippen molar-refractivity contribution in [2.75, 3.05) is 0 Å². The molecule has 0 aliphatic heterocycles. The predicted molar refractivity (Wildman–Crippen MR) is 208 cm³/mol. The number of fused-ring (bicyclic) bond motifs is 14. The number of pyridine rings is 1. The minimum atomic E-state index is 1.11. The minimum absolute atomic E-state index is 1.11. The van der Waals surface area contributed by atoms with E-state index in [4.69, 9.17) is 0 Å². The zero-order chi connectivity index (χ0) is 32.8. The highest BCUT2D eigenvalue weighted by molar-refractivity contribution is 6.12. The van der Waals surface area contributed by atoms with Gasteiger partial charge in [0.25, 0.3) is 0 Å². The Labute approximate surface area is 288 Å². The predicted octanol–water partition coefficient (Wildman–Crippen LogP) is 12.3. The summed E-state index contributed by atoms with van der Waals surface area (Å²) in [7, 11) is 0. The number of hydrogen-bond acceptors (Lipinski definition) is 1. The van der Waals surface area contributed by atoms with Crippen molar-refractivity contribution >= 4 is 43.6 Å². The monoisotopic (exact) mass is 635 g/mol. The molecule has 0 atom stereocenters. The molecular formula is C47H29N3. The molecule has 3 heteroatoms. The molecule has 3 heterocycles. The van der Waals surface area contributed by atoms with E-state index in [-0.39, 0.29) is 0 Å². The third-order valence-corrected chi connectivity index (χ3v) is 10.6. The normalized spacial score (nSPS) is 12.0. The van der Waals surface area contributed by atoms with E-state index in [2.05, 4.69) is 178 Å². The summed E-state index contributed by atoms with van der Waals surface area (Å²) in [6.07, 6.45) is 3.86. The number of rotatable bonds is 2. The standard InChI is InChI=1S/C47H29N3/c1-2-12-33-32(11-1)34-13-3-4-15-36(34)38-23-21-30(27-42(38)37-16-6-5-14-35(33)37)49-45-20-10-8-18-40(45)43-28-31(22-24-46(43)49)50-44-19-9-7-17-39(44)41-25-26-48-29-47(41)50/h1-29H. The molecule has 10 aromatic rings. The summed E-state index contributed by atoms with van der Waals surface area (Å²) in [5.41, 5.74) is 16.9. The van der Waals surface area contributed by atoms with Crippen LogP contribution in [0.1, 0.15) is 0 Å². The van der Waals surface area contributed by atoms with Gasteiger partial charge in [-0.2, -0.15) is 0 Å². The van der Waals surface area contributed by atoms with E-state index in [1.165, 1.54) is 82.6 Å². The van der Waals surface area contributed by atoms with Crippen LogP contribution in [0.4, 0.5) is 0 Å². The van der Waals surface area contributed by atoms with Gasteiger partial charge in [0.2, 0.25) is 0 Å². The van der Waals surface area contributed by atoms with E-state index in [1.54, 1.807) is 0 Å². The van der Waals surface area contributed by atoms with Crippen LogP contribution in [0.25, 0.3) is 99.5 Å². The number of para-hydroxylation sites is 2. The molecule has 11 rings (SSSR count). The topological polar surface area (TPSA) is 22.8 Å². The Hall–Kier alpha value is -6.71. The lowest BCUT2D eigenvalue weighted by Crippen LogP contribution is -2.00. The van der Waals surface area contributed by atoms with Gasteiger partial charge in [-0.3, -0.25) is 4.98 Å². The third-order valence-electron chi connectivity index (χ3n) is 10.6. The van der Waals surface area contributed by atoms with Crippen molar-refractivity contribution in [3.8, 4) is 55.9 Å². The van der Waals surface area contributed by atoms with Crippen LogP contribution in [-0.2, 0) is 0 Å². The summed E-state index contributed by atoms with van der Waals surface area (Å²) >= 11 is 0. The summed E-state index contributed by atoms with van der Waals surface area (Å²) in [6, 6.07) is 60.0. The van der Waals surface area contributed by atoms with E-state index in [1.807, 2.05) is 12.4 Å². The summed E-state index contributed by atoms with van der Waals surface area (Å²) in [6.45, 7) is 0. The molecule has 1 aliphatic rings. The van der Waals surface area contributed by atoms with Crippen LogP contribution in [0.2, 0.25) is 0 Å². The van der Waals surface area contributed by atoms with Crippen molar-refractivity contribution in [3.05, 3.63) is 176 Å². The van der Waals surface area contributed by atoms with Crippen molar-refractivity contribution < 1.29 is 0 Å². The van der Waals surface area contributed by atoms with Crippen molar-refractivity contribution in [1.29, 1.82) is 0 Å².